The summed E-state index contributed by atoms with van der Waals surface area (Å²) < 4.78 is 5.70. The van der Waals surface area contributed by atoms with Crippen molar-refractivity contribution in [3.8, 4) is 5.75 Å². The van der Waals surface area contributed by atoms with Crippen LogP contribution in [0.15, 0.2) is 36.4 Å². The molecule has 1 aromatic heterocycles. The highest BCUT2D eigenvalue weighted by Crippen LogP contribution is 2.32. The molecule has 0 aliphatic carbocycles. The normalized spacial score (nSPS) is 17.4. The van der Waals surface area contributed by atoms with Gasteiger partial charge in [-0.3, -0.25) is 4.79 Å². The molecular weight excluding hydrogens is 359 g/mol. The quantitative estimate of drug-likeness (QED) is 0.764. The van der Waals surface area contributed by atoms with Crippen LogP contribution >= 0.6 is 23.2 Å². The lowest BCUT2D eigenvalue weighted by Crippen LogP contribution is -2.39. The maximum absolute atomic E-state index is 12.7. The maximum Gasteiger partial charge on any atom is 0.272 e. The van der Waals surface area contributed by atoms with Crippen molar-refractivity contribution >= 4 is 29.1 Å². The highest BCUT2D eigenvalue weighted by molar-refractivity contribution is 6.37. The lowest BCUT2D eigenvalue weighted by molar-refractivity contribution is 0.0676. The molecule has 1 unspecified atom stereocenters. The summed E-state index contributed by atoms with van der Waals surface area (Å²) in [6.07, 6.45) is 2.21. The Morgan fingerprint density at radius 2 is 1.96 bits per heavy atom. The molecule has 1 atom stereocenters. The van der Waals surface area contributed by atoms with Gasteiger partial charge >= 0.3 is 0 Å². The average molecular weight is 379 g/mol. The van der Waals surface area contributed by atoms with Crippen LogP contribution in [0.3, 0.4) is 0 Å². The number of ether oxygens (including phenoxy) is 1. The molecule has 1 fully saturated rings. The molecule has 6 heteroatoms. The predicted octanol–water partition coefficient (Wildman–Crippen LogP) is 4.84. The summed E-state index contributed by atoms with van der Waals surface area (Å²) in [6.45, 7) is 3.95. The molecule has 1 aliphatic heterocycles. The SMILES string of the molecule is CC1CCCN(C(=O)c2cccc(COc3c(Cl)cccc3Cl)n2)C1. The topological polar surface area (TPSA) is 42.4 Å². The number of benzene rings is 1. The second-order valence-corrected chi connectivity index (χ2v) is 7.17. The zero-order valence-electron chi connectivity index (χ0n) is 14.0. The van der Waals surface area contributed by atoms with Crippen molar-refractivity contribution in [1.29, 1.82) is 0 Å². The summed E-state index contributed by atoms with van der Waals surface area (Å²) in [7, 11) is 0. The summed E-state index contributed by atoms with van der Waals surface area (Å²) in [5.41, 5.74) is 1.10. The highest BCUT2D eigenvalue weighted by Gasteiger charge is 2.23. The van der Waals surface area contributed by atoms with E-state index in [9.17, 15) is 4.79 Å². The molecular formula is C19H20Cl2N2O2. The number of hydrogen-bond acceptors (Lipinski definition) is 3. The smallest absolute Gasteiger partial charge is 0.272 e. The molecule has 3 rings (SSSR count). The van der Waals surface area contributed by atoms with E-state index < -0.39 is 0 Å². The van der Waals surface area contributed by atoms with E-state index in [4.69, 9.17) is 27.9 Å². The van der Waals surface area contributed by atoms with Crippen molar-refractivity contribution in [2.24, 2.45) is 5.92 Å². The molecule has 2 aromatic rings. The second-order valence-electron chi connectivity index (χ2n) is 6.35. The Balaban J connectivity index is 1.70. The van der Waals surface area contributed by atoms with Crippen molar-refractivity contribution in [1.82, 2.24) is 9.88 Å². The van der Waals surface area contributed by atoms with Gasteiger partial charge in [-0.1, -0.05) is 42.3 Å². The lowest BCUT2D eigenvalue weighted by Gasteiger charge is -2.30. The number of para-hydroxylation sites is 1. The molecule has 1 saturated heterocycles. The first-order chi connectivity index (χ1) is 12.0. The number of rotatable bonds is 4. The Morgan fingerprint density at radius 1 is 1.24 bits per heavy atom. The number of nitrogens with zero attached hydrogens (tertiary/aromatic N) is 2. The van der Waals surface area contributed by atoms with Gasteiger partial charge in [0, 0.05) is 13.1 Å². The fourth-order valence-corrected chi connectivity index (χ4v) is 3.49. The molecule has 2 heterocycles. The molecule has 0 spiro atoms. The lowest BCUT2D eigenvalue weighted by atomic mass is 10.00. The third-order valence-corrected chi connectivity index (χ3v) is 4.85. The number of piperidine rings is 1. The van der Waals surface area contributed by atoms with E-state index in [0.29, 0.717) is 33.1 Å². The van der Waals surface area contributed by atoms with Crippen LogP contribution in [0.1, 0.15) is 35.9 Å². The average Bonchev–Trinajstić information content (AvgIpc) is 2.61. The Bertz CT molecular complexity index is 747. The van der Waals surface area contributed by atoms with Gasteiger partial charge < -0.3 is 9.64 Å². The molecule has 1 aromatic carbocycles. The van der Waals surface area contributed by atoms with E-state index in [0.717, 1.165) is 19.5 Å². The van der Waals surface area contributed by atoms with Crippen LogP contribution < -0.4 is 4.74 Å². The number of carbonyl (C=O) groups is 1. The zero-order chi connectivity index (χ0) is 17.8. The maximum atomic E-state index is 12.7. The summed E-state index contributed by atoms with van der Waals surface area (Å²) in [5.74, 6) is 0.935. The van der Waals surface area contributed by atoms with Crippen LogP contribution in [0.5, 0.6) is 5.75 Å². The standard InChI is InChI=1S/C19H20Cl2N2O2/c1-13-5-4-10-23(11-13)19(24)17-9-2-6-14(22-17)12-25-18-15(20)7-3-8-16(18)21/h2-3,6-9,13H,4-5,10-12H2,1H3. The fraction of sp³-hybridized carbons (Fsp3) is 0.368. The van der Waals surface area contributed by atoms with Crippen LogP contribution in [0.4, 0.5) is 0 Å². The molecule has 4 nitrogen and oxygen atoms in total. The van der Waals surface area contributed by atoms with E-state index in [1.807, 2.05) is 17.0 Å². The minimum atomic E-state index is -0.0239. The van der Waals surface area contributed by atoms with Crippen LogP contribution in [0.25, 0.3) is 0 Å². The van der Waals surface area contributed by atoms with Crippen LogP contribution in [0.2, 0.25) is 10.0 Å². The molecule has 25 heavy (non-hydrogen) atoms. The highest BCUT2D eigenvalue weighted by atomic mass is 35.5. The first kappa shape index (κ1) is 18.0. The van der Waals surface area contributed by atoms with Gasteiger partial charge in [0.1, 0.15) is 12.3 Å². The van der Waals surface area contributed by atoms with E-state index in [1.54, 1.807) is 24.3 Å². The van der Waals surface area contributed by atoms with Gasteiger partial charge in [-0.15, -0.1) is 0 Å². The van der Waals surface area contributed by atoms with E-state index >= 15 is 0 Å². The predicted molar refractivity (Wildman–Crippen MR) is 99.3 cm³/mol. The largest absolute Gasteiger partial charge is 0.484 e. The first-order valence-electron chi connectivity index (χ1n) is 8.36. The molecule has 1 amide bonds. The van der Waals surface area contributed by atoms with Crippen molar-refractivity contribution in [3.63, 3.8) is 0 Å². The van der Waals surface area contributed by atoms with Gasteiger partial charge in [0.2, 0.25) is 0 Å². The number of hydrogen-bond donors (Lipinski definition) is 0. The van der Waals surface area contributed by atoms with E-state index in [2.05, 4.69) is 11.9 Å². The van der Waals surface area contributed by atoms with Gasteiger partial charge in [-0.25, -0.2) is 4.98 Å². The van der Waals surface area contributed by atoms with Gasteiger partial charge in [-0.2, -0.15) is 0 Å². The number of pyridine rings is 1. The van der Waals surface area contributed by atoms with Crippen LogP contribution in [-0.2, 0) is 6.61 Å². The first-order valence-corrected chi connectivity index (χ1v) is 9.12. The monoisotopic (exact) mass is 378 g/mol. The van der Waals surface area contributed by atoms with Crippen LogP contribution in [-0.4, -0.2) is 28.9 Å². The summed E-state index contributed by atoms with van der Waals surface area (Å²) in [6, 6.07) is 10.6. The summed E-state index contributed by atoms with van der Waals surface area (Å²) in [5, 5.41) is 0.893. The second kappa shape index (κ2) is 8.07. The number of aromatic nitrogens is 1. The van der Waals surface area contributed by atoms with Gasteiger partial charge in [-0.05, 0) is 43.0 Å². The van der Waals surface area contributed by atoms with Crippen molar-refractivity contribution in [2.75, 3.05) is 13.1 Å². The molecule has 0 radical (unpaired) electrons. The molecule has 0 N–H and O–H groups in total. The Hall–Kier alpha value is -1.78. The van der Waals surface area contributed by atoms with Crippen molar-refractivity contribution in [2.45, 2.75) is 26.4 Å². The minimum absolute atomic E-state index is 0.0239. The fourth-order valence-electron chi connectivity index (χ4n) is 2.98. The Morgan fingerprint density at radius 3 is 2.68 bits per heavy atom. The van der Waals surface area contributed by atoms with Crippen LogP contribution in [0, 0.1) is 5.92 Å². The zero-order valence-corrected chi connectivity index (χ0v) is 15.6. The Labute approximate surface area is 157 Å². The number of amides is 1. The molecule has 0 saturated carbocycles. The van der Waals surface area contributed by atoms with E-state index in [1.165, 1.54) is 6.42 Å². The molecule has 0 bridgehead atoms. The molecule has 1 aliphatic rings. The van der Waals surface area contributed by atoms with E-state index in [-0.39, 0.29) is 12.5 Å². The minimum Gasteiger partial charge on any atom is -0.484 e. The Kier molecular flexibility index (Phi) is 5.82. The summed E-state index contributed by atoms with van der Waals surface area (Å²) in [4.78, 5) is 19.0. The number of halogens is 2. The van der Waals surface area contributed by atoms with Gasteiger partial charge in [0.15, 0.2) is 5.75 Å². The summed E-state index contributed by atoms with van der Waals surface area (Å²) >= 11 is 12.2. The van der Waals surface area contributed by atoms with Gasteiger partial charge in [0.05, 0.1) is 15.7 Å². The van der Waals surface area contributed by atoms with Gasteiger partial charge in [0.25, 0.3) is 5.91 Å². The third kappa shape index (κ3) is 4.44. The van der Waals surface area contributed by atoms with Crippen molar-refractivity contribution < 1.29 is 9.53 Å². The third-order valence-electron chi connectivity index (χ3n) is 4.25. The number of likely N-dealkylation sites (tertiary alicyclic amines) is 1. The molecule has 132 valence electrons. The number of carbonyl (C=O) groups excluding carboxylic acids is 1. The van der Waals surface area contributed by atoms with Crippen molar-refractivity contribution in [3.05, 3.63) is 57.8 Å².